The van der Waals surface area contributed by atoms with Crippen LogP contribution >= 0.6 is 15.9 Å². The third kappa shape index (κ3) is 5.40. The number of nitrogens with zero attached hydrogens (tertiary/aromatic N) is 5. The number of carbonyl (C=O) groups is 1. The lowest BCUT2D eigenvalue weighted by atomic mass is 10.1. The van der Waals surface area contributed by atoms with Gasteiger partial charge in [0.25, 0.3) is 0 Å². The van der Waals surface area contributed by atoms with Gasteiger partial charge in [0, 0.05) is 29.4 Å². The predicted octanol–water partition coefficient (Wildman–Crippen LogP) is 2.17. The molecule has 1 fully saturated rings. The smallest absolute Gasteiger partial charge is 0.225 e. The number of carbonyl (C=O) groups excluding carboxylic acids is 1. The van der Waals surface area contributed by atoms with Crippen LogP contribution in [0.3, 0.4) is 0 Å². The van der Waals surface area contributed by atoms with E-state index in [0.717, 1.165) is 26.6 Å². The van der Waals surface area contributed by atoms with E-state index in [1.54, 1.807) is 11.8 Å². The number of halogens is 1. The molecule has 0 bridgehead atoms. The molecule has 1 aromatic carbocycles. The highest BCUT2D eigenvalue weighted by molar-refractivity contribution is 9.10. The van der Waals surface area contributed by atoms with Gasteiger partial charge in [0.05, 0.1) is 31.5 Å². The Bertz CT molecular complexity index is 1150. The molecule has 1 aliphatic rings. The summed E-state index contributed by atoms with van der Waals surface area (Å²) in [5.74, 6) is 0.672. The summed E-state index contributed by atoms with van der Waals surface area (Å²) in [4.78, 5) is 20.6. The number of primary amides is 1. The molecule has 0 radical (unpaired) electrons. The molecule has 1 saturated heterocycles. The van der Waals surface area contributed by atoms with E-state index in [1.807, 2.05) is 32.2 Å². The van der Waals surface area contributed by atoms with Gasteiger partial charge in [-0.1, -0.05) is 21.1 Å². The van der Waals surface area contributed by atoms with Crippen molar-refractivity contribution in [3.63, 3.8) is 0 Å². The van der Waals surface area contributed by atoms with Crippen LogP contribution in [-0.4, -0.2) is 63.3 Å². The molecule has 0 spiro atoms. The van der Waals surface area contributed by atoms with Crippen molar-refractivity contribution in [1.82, 2.24) is 25.0 Å². The van der Waals surface area contributed by atoms with Crippen molar-refractivity contribution in [3.05, 3.63) is 34.1 Å². The maximum Gasteiger partial charge on any atom is 0.225 e. The van der Waals surface area contributed by atoms with Crippen LogP contribution in [-0.2, 0) is 20.8 Å². The number of hydrogen-bond acceptors (Lipinski definition) is 9. The van der Waals surface area contributed by atoms with E-state index in [-0.39, 0.29) is 30.5 Å². The van der Waals surface area contributed by atoms with Crippen molar-refractivity contribution in [2.75, 3.05) is 31.0 Å². The first-order valence-electron chi connectivity index (χ1n) is 10.6. The number of aromatic nitrogens is 5. The zero-order valence-electron chi connectivity index (χ0n) is 18.7. The van der Waals surface area contributed by atoms with Crippen LogP contribution in [0.2, 0.25) is 0 Å². The van der Waals surface area contributed by atoms with Crippen molar-refractivity contribution >= 4 is 44.5 Å². The normalized spacial score (nSPS) is 19.0. The van der Waals surface area contributed by atoms with Crippen LogP contribution < -0.4 is 16.4 Å². The number of benzene rings is 1. The molecule has 33 heavy (non-hydrogen) atoms. The Morgan fingerprint density at radius 1 is 1.39 bits per heavy atom. The highest BCUT2D eigenvalue weighted by atomic mass is 79.9. The molecule has 1 unspecified atom stereocenters. The Kier molecular flexibility index (Phi) is 7.05. The second-order valence-electron chi connectivity index (χ2n) is 8.15. The van der Waals surface area contributed by atoms with Gasteiger partial charge in [0.15, 0.2) is 0 Å². The van der Waals surface area contributed by atoms with E-state index in [9.17, 15) is 4.79 Å². The van der Waals surface area contributed by atoms with Crippen LogP contribution in [0.15, 0.2) is 22.8 Å². The van der Waals surface area contributed by atoms with Crippen LogP contribution in [0.5, 0.6) is 0 Å². The van der Waals surface area contributed by atoms with Gasteiger partial charge >= 0.3 is 0 Å². The summed E-state index contributed by atoms with van der Waals surface area (Å²) < 4.78 is 13.7. The molecule has 3 heterocycles. The highest BCUT2D eigenvalue weighted by Gasteiger charge is 2.30. The van der Waals surface area contributed by atoms with Crippen molar-refractivity contribution in [2.45, 2.75) is 45.0 Å². The van der Waals surface area contributed by atoms with Gasteiger partial charge < -0.3 is 25.8 Å². The molecule has 11 nitrogen and oxygen atoms in total. The van der Waals surface area contributed by atoms with Gasteiger partial charge in [-0.05, 0) is 31.5 Å². The summed E-state index contributed by atoms with van der Waals surface area (Å²) in [5.41, 5.74) is 7.87. The van der Waals surface area contributed by atoms with E-state index < -0.39 is 0 Å². The van der Waals surface area contributed by atoms with E-state index in [2.05, 4.69) is 46.8 Å². The molecule has 0 saturated carbocycles. The molecular weight excluding hydrogens is 492 g/mol. The average molecular weight is 519 g/mol. The van der Waals surface area contributed by atoms with Gasteiger partial charge in [-0.3, -0.25) is 4.79 Å². The molecular formula is C21H27BrN8O3. The Labute approximate surface area is 199 Å². The quantitative estimate of drug-likeness (QED) is 0.388. The molecule has 1 aliphatic heterocycles. The van der Waals surface area contributed by atoms with Crippen LogP contribution in [0.25, 0.3) is 10.9 Å². The van der Waals surface area contributed by atoms with Crippen molar-refractivity contribution in [2.24, 2.45) is 5.73 Å². The number of aryl methyl sites for hydroxylation is 1. The van der Waals surface area contributed by atoms with Crippen LogP contribution in [0.4, 0.5) is 11.8 Å². The standard InChI is InChI=1S/C21H27BrN8O3/c1-11-4-13(22)6-15-19(11)26-21(25-12(2)5-18(23)31)27-20(15)24-7-14-8-30(29-28-14)16-9-33-10-17(16)32-3/h4,6,8,12,16-17H,5,7,9-10H2,1-3H3,(H2,23,31)(H2,24,25,26,27)/t12?,16-,17-/m1/s1. The molecule has 1 amide bonds. The van der Waals surface area contributed by atoms with Crippen molar-refractivity contribution in [1.29, 1.82) is 0 Å². The maximum atomic E-state index is 11.3. The van der Waals surface area contributed by atoms with Gasteiger partial charge in [-0.2, -0.15) is 4.98 Å². The maximum absolute atomic E-state index is 11.3. The third-order valence-corrected chi connectivity index (χ3v) is 5.93. The first-order chi connectivity index (χ1) is 15.8. The monoisotopic (exact) mass is 518 g/mol. The second kappa shape index (κ2) is 9.98. The number of rotatable bonds is 9. The minimum atomic E-state index is -0.388. The first kappa shape index (κ1) is 23.3. The fraction of sp³-hybridized carbons (Fsp3) is 0.476. The minimum absolute atomic E-state index is 0.00252. The second-order valence-corrected chi connectivity index (χ2v) is 9.07. The minimum Gasteiger partial charge on any atom is -0.377 e. The summed E-state index contributed by atoms with van der Waals surface area (Å²) in [7, 11) is 1.67. The Morgan fingerprint density at radius 2 is 2.21 bits per heavy atom. The average Bonchev–Trinajstić information content (AvgIpc) is 3.41. The first-order valence-corrected chi connectivity index (χ1v) is 11.4. The van der Waals surface area contributed by atoms with Gasteiger partial charge in [-0.25, -0.2) is 9.67 Å². The lowest BCUT2D eigenvalue weighted by molar-refractivity contribution is -0.118. The van der Waals surface area contributed by atoms with Crippen molar-refractivity contribution < 1.29 is 14.3 Å². The number of fused-ring (bicyclic) bond motifs is 1. The fourth-order valence-electron chi connectivity index (χ4n) is 3.86. The number of nitrogens with two attached hydrogens (primary N) is 1. The zero-order valence-corrected chi connectivity index (χ0v) is 20.3. The fourth-order valence-corrected chi connectivity index (χ4v) is 4.43. The van der Waals surface area contributed by atoms with E-state index in [1.165, 1.54) is 0 Å². The Hall–Kier alpha value is -2.83. The zero-order chi connectivity index (χ0) is 23.5. The van der Waals surface area contributed by atoms with Gasteiger partial charge in [-0.15, -0.1) is 5.10 Å². The highest BCUT2D eigenvalue weighted by Crippen LogP contribution is 2.29. The summed E-state index contributed by atoms with van der Waals surface area (Å²) in [6, 6.07) is 3.76. The predicted molar refractivity (Wildman–Crippen MR) is 127 cm³/mol. The summed E-state index contributed by atoms with van der Waals surface area (Å²) in [5, 5.41) is 15.9. The molecule has 4 N–H and O–H groups in total. The molecule has 176 valence electrons. The Morgan fingerprint density at radius 3 is 2.97 bits per heavy atom. The number of anilines is 2. The lowest BCUT2D eigenvalue weighted by Crippen LogP contribution is -2.25. The Balaban J connectivity index is 1.58. The van der Waals surface area contributed by atoms with Crippen LogP contribution in [0.1, 0.15) is 30.6 Å². The summed E-state index contributed by atoms with van der Waals surface area (Å²) in [6.45, 7) is 5.34. The molecule has 2 aromatic heterocycles. The van der Waals surface area contributed by atoms with E-state index >= 15 is 0 Å². The molecule has 0 aliphatic carbocycles. The molecule has 12 heteroatoms. The van der Waals surface area contributed by atoms with Crippen molar-refractivity contribution in [3.8, 4) is 0 Å². The third-order valence-electron chi connectivity index (χ3n) is 5.48. The lowest BCUT2D eigenvalue weighted by Gasteiger charge is -2.16. The summed E-state index contributed by atoms with van der Waals surface area (Å²) in [6.07, 6.45) is 2.02. The molecule has 3 aromatic rings. The van der Waals surface area contributed by atoms with E-state index in [4.69, 9.17) is 15.2 Å². The number of amides is 1. The number of nitrogens with one attached hydrogen (secondary N) is 2. The summed E-state index contributed by atoms with van der Waals surface area (Å²) >= 11 is 3.55. The topological polar surface area (TPSA) is 142 Å². The van der Waals surface area contributed by atoms with Gasteiger partial charge in [0.2, 0.25) is 11.9 Å². The van der Waals surface area contributed by atoms with E-state index in [0.29, 0.717) is 31.5 Å². The molecule has 4 rings (SSSR count). The van der Waals surface area contributed by atoms with Crippen LogP contribution in [0, 0.1) is 6.92 Å². The molecule has 3 atom stereocenters. The number of hydrogen-bond donors (Lipinski definition) is 3. The largest absolute Gasteiger partial charge is 0.377 e. The van der Waals surface area contributed by atoms with Gasteiger partial charge in [0.1, 0.15) is 23.7 Å². The number of methoxy groups -OCH3 is 1. The SMILES string of the molecule is CO[C@@H]1COC[C@H]1n1cc(CNc2nc(NC(C)CC(N)=O)nc3c(C)cc(Br)cc23)nn1. The number of ether oxygens (including phenoxy) is 2.